The lowest BCUT2D eigenvalue weighted by molar-refractivity contribution is 1.28. The summed E-state index contributed by atoms with van der Waals surface area (Å²) in [6, 6.07) is 55.6. The fraction of sp³-hybridized carbons (Fsp3) is 0. The molecule has 0 saturated heterocycles. The zero-order valence-electron chi connectivity index (χ0n) is 21.8. The lowest BCUT2D eigenvalue weighted by Gasteiger charge is -2.28. The molecule has 0 aliphatic carbocycles. The van der Waals surface area contributed by atoms with Gasteiger partial charge in [-0.25, -0.2) is 4.98 Å². The Hall–Kier alpha value is -4.99. The fourth-order valence-corrected chi connectivity index (χ4v) is 6.30. The van der Waals surface area contributed by atoms with Crippen LogP contribution in [0.1, 0.15) is 0 Å². The molecule has 0 amide bonds. The van der Waals surface area contributed by atoms with E-state index in [1.807, 2.05) is 0 Å². The van der Waals surface area contributed by atoms with Crippen LogP contribution in [0.25, 0.3) is 43.0 Å². The van der Waals surface area contributed by atoms with Crippen molar-refractivity contribution in [1.82, 2.24) is 4.98 Å². The molecule has 0 spiro atoms. The highest BCUT2D eigenvalue weighted by atomic mass is 32.1. The Kier molecular flexibility index (Phi) is 6.41. The Morgan fingerprint density at radius 1 is 0.450 bits per heavy atom. The number of anilines is 3. The second-order valence-corrected chi connectivity index (χ2v) is 10.7. The highest BCUT2D eigenvalue weighted by Gasteiger charge is 2.22. The number of thiazole rings is 1. The minimum Gasteiger partial charge on any atom is -0.310 e. The van der Waals surface area contributed by atoms with E-state index in [-0.39, 0.29) is 0 Å². The van der Waals surface area contributed by atoms with E-state index in [9.17, 15) is 0 Å². The van der Waals surface area contributed by atoms with Crippen molar-refractivity contribution in [3.63, 3.8) is 0 Å². The summed E-state index contributed by atoms with van der Waals surface area (Å²) in [5, 5.41) is 1.02. The average molecular weight is 531 g/mol. The standard InChI is InChI=1S/C37H26N2S/c1-5-15-27(16-6-1)32-25-31(39(29-19-9-3-10-20-29)30-21-11-4-12-22-30)26-33(28-17-7-2-8-18-28)36(32)37-38-34-23-13-14-24-35(34)40-37/h1-26H. The number of aromatic nitrogens is 1. The van der Waals surface area contributed by atoms with Crippen LogP contribution in [0.15, 0.2) is 158 Å². The maximum Gasteiger partial charge on any atom is 0.125 e. The van der Waals surface area contributed by atoms with Crippen molar-refractivity contribution in [3.8, 4) is 32.8 Å². The van der Waals surface area contributed by atoms with Gasteiger partial charge in [0.2, 0.25) is 0 Å². The summed E-state index contributed by atoms with van der Waals surface area (Å²) >= 11 is 1.75. The SMILES string of the molecule is c1ccc(-c2cc(N(c3ccccc3)c3ccccc3)cc(-c3ccccc3)c2-c2nc3ccccc3s2)cc1. The van der Waals surface area contributed by atoms with Crippen molar-refractivity contribution in [3.05, 3.63) is 158 Å². The molecular weight excluding hydrogens is 504 g/mol. The molecule has 0 aliphatic heterocycles. The Morgan fingerprint density at radius 3 is 1.40 bits per heavy atom. The van der Waals surface area contributed by atoms with Gasteiger partial charge in [0.05, 0.1) is 10.2 Å². The predicted octanol–water partition coefficient (Wildman–Crippen LogP) is 10.8. The van der Waals surface area contributed by atoms with Crippen molar-refractivity contribution in [2.24, 2.45) is 0 Å². The second kappa shape index (κ2) is 10.6. The Balaban J connectivity index is 1.57. The van der Waals surface area contributed by atoms with Gasteiger partial charge in [0.15, 0.2) is 0 Å². The van der Waals surface area contributed by atoms with Crippen LogP contribution in [0.5, 0.6) is 0 Å². The van der Waals surface area contributed by atoms with E-state index in [4.69, 9.17) is 4.98 Å². The Labute approximate surface area is 238 Å². The normalized spacial score (nSPS) is 11.0. The number of nitrogens with zero attached hydrogens (tertiary/aromatic N) is 2. The van der Waals surface area contributed by atoms with Gasteiger partial charge in [0.1, 0.15) is 5.01 Å². The molecular formula is C37H26N2S. The maximum absolute atomic E-state index is 5.15. The van der Waals surface area contributed by atoms with E-state index in [0.29, 0.717) is 0 Å². The van der Waals surface area contributed by atoms with E-state index in [0.717, 1.165) is 55.4 Å². The van der Waals surface area contributed by atoms with Gasteiger partial charge in [0, 0.05) is 22.6 Å². The van der Waals surface area contributed by atoms with Crippen molar-refractivity contribution in [2.45, 2.75) is 0 Å². The molecule has 0 atom stereocenters. The van der Waals surface area contributed by atoms with Crippen LogP contribution in [0.4, 0.5) is 17.1 Å². The van der Waals surface area contributed by atoms with Crippen molar-refractivity contribution in [1.29, 1.82) is 0 Å². The minimum atomic E-state index is 1.02. The van der Waals surface area contributed by atoms with E-state index >= 15 is 0 Å². The summed E-state index contributed by atoms with van der Waals surface area (Å²) < 4.78 is 1.19. The maximum atomic E-state index is 5.15. The summed E-state index contributed by atoms with van der Waals surface area (Å²) in [6.07, 6.45) is 0. The summed E-state index contributed by atoms with van der Waals surface area (Å²) in [5.74, 6) is 0. The molecule has 6 aromatic carbocycles. The Morgan fingerprint density at radius 2 is 0.900 bits per heavy atom. The van der Waals surface area contributed by atoms with Gasteiger partial charge in [-0.3, -0.25) is 0 Å². The van der Waals surface area contributed by atoms with Gasteiger partial charge >= 0.3 is 0 Å². The van der Waals surface area contributed by atoms with E-state index in [1.54, 1.807) is 11.3 Å². The quantitative estimate of drug-likeness (QED) is 0.213. The zero-order chi connectivity index (χ0) is 26.7. The number of hydrogen-bond donors (Lipinski definition) is 0. The predicted molar refractivity (Wildman–Crippen MR) is 171 cm³/mol. The monoisotopic (exact) mass is 530 g/mol. The molecule has 190 valence electrons. The number of para-hydroxylation sites is 3. The first kappa shape index (κ1) is 24.1. The fourth-order valence-electron chi connectivity index (χ4n) is 5.26. The molecule has 40 heavy (non-hydrogen) atoms. The molecule has 0 aliphatic rings. The third kappa shape index (κ3) is 4.57. The van der Waals surface area contributed by atoms with Crippen LogP contribution in [0.3, 0.4) is 0 Å². The smallest absolute Gasteiger partial charge is 0.125 e. The molecule has 1 aromatic heterocycles. The van der Waals surface area contributed by atoms with Crippen molar-refractivity contribution < 1.29 is 0 Å². The first-order valence-corrected chi connectivity index (χ1v) is 14.2. The first-order valence-electron chi connectivity index (χ1n) is 13.4. The highest BCUT2D eigenvalue weighted by Crippen LogP contribution is 2.47. The van der Waals surface area contributed by atoms with Crippen LogP contribution in [-0.2, 0) is 0 Å². The van der Waals surface area contributed by atoms with Gasteiger partial charge in [-0.1, -0.05) is 109 Å². The van der Waals surface area contributed by atoms with Crippen LogP contribution < -0.4 is 4.90 Å². The number of rotatable bonds is 6. The molecule has 7 aromatic rings. The molecule has 0 radical (unpaired) electrons. The summed E-state index contributed by atoms with van der Waals surface area (Å²) in [6.45, 7) is 0. The van der Waals surface area contributed by atoms with Crippen molar-refractivity contribution >= 4 is 38.6 Å². The number of benzene rings is 6. The molecule has 3 heteroatoms. The second-order valence-electron chi connectivity index (χ2n) is 9.64. The van der Waals surface area contributed by atoms with Crippen LogP contribution in [0, 0.1) is 0 Å². The van der Waals surface area contributed by atoms with Gasteiger partial charge in [0.25, 0.3) is 0 Å². The van der Waals surface area contributed by atoms with Crippen LogP contribution in [0.2, 0.25) is 0 Å². The summed E-state index contributed by atoms with van der Waals surface area (Å²) in [5.41, 5.74) is 10.1. The first-order chi connectivity index (χ1) is 19.8. The largest absolute Gasteiger partial charge is 0.310 e. The molecule has 0 unspecified atom stereocenters. The van der Waals surface area contributed by atoms with E-state index < -0.39 is 0 Å². The third-order valence-electron chi connectivity index (χ3n) is 7.09. The van der Waals surface area contributed by atoms with Gasteiger partial charge < -0.3 is 4.90 Å². The van der Waals surface area contributed by atoms with Gasteiger partial charge in [-0.15, -0.1) is 11.3 Å². The van der Waals surface area contributed by atoms with Crippen molar-refractivity contribution in [2.75, 3.05) is 4.90 Å². The highest BCUT2D eigenvalue weighted by molar-refractivity contribution is 7.21. The third-order valence-corrected chi connectivity index (χ3v) is 8.14. The zero-order valence-corrected chi connectivity index (χ0v) is 22.6. The summed E-state index contributed by atoms with van der Waals surface area (Å²) in [7, 11) is 0. The van der Waals surface area contributed by atoms with E-state index in [2.05, 4.69) is 163 Å². The lowest BCUT2D eigenvalue weighted by atomic mass is 9.90. The number of hydrogen-bond acceptors (Lipinski definition) is 3. The molecule has 0 N–H and O–H groups in total. The topological polar surface area (TPSA) is 16.1 Å². The number of fused-ring (bicyclic) bond motifs is 1. The van der Waals surface area contributed by atoms with Crippen LogP contribution >= 0.6 is 11.3 Å². The van der Waals surface area contributed by atoms with E-state index in [1.165, 1.54) is 4.70 Å². The van der Waals surface area contributed by atoms with Gasteiger partial charge in [-0.05, 0) is 70.8 Å². The molecule has 0 fully saturated rings. The van der Waals surface area contributed by atoms with Gasteiger partial charge in [-0.2, -0.15) is 0 Å². The lowest BCUT2D eigenvalue weighted by Crippen LogP contribution is -2.10. The molecule has 2 nitrogen and oxygen atoms in total. The Bertz CT molecular complexity index is 1750. The molecule has 1 heterocycles. The molecule has 0 bridgehead atoms. The summed E-state index contributed by atoms with van der Waals surface area (Å²) in [4.78, 5) is 7.49. The molecule has 7 rings (SSSR count). The average Bonchev–Trinajstić information content (AvgIpc) is 3.47. The van der Waals surface area contributed by atoms with Crippen LogP contribution in [-0.4, -0.2) is 4.98 Å². The minimum absolute atomic E-state index is 1.02. The molecule has 0 saturated carbocycles.